The van der Waals surface area contributed by atoms with Crippen LogP contribution in [0.4, 0.5) is 11.5 Å². The molecule has 1 N–H and O–H groups in total. The molecule has 1 atom stereocenters. The number of morpholine rings is 1. The van der Waals surface area contributed by atoms with Crippen LogP contribution in [0.3, 0.4) is 0 Å². The summed E-state index contributed by atoms with van der Waals surface area (Å²) in [6.07, 6.45) is 8.92. The maximum atomic E-state index is 12.5. The number of nitrogens with one attached hydrogen (secondary N) is 1. The third kappa shape index (κ3) is 3.35. The van der Waals surface area contributed by atoms with Gasteiger partial charge < -0.3 is 19.9 Å². The van der Waals surface area contributed by atoms with Gasteiger partial charge >= 0.3 is 0 Å². The minimum atomic E-state index is -0.580. The molecule has 168 valence electrons. The normalized spacial score (nSPS) is 24.8. The Morgan fingerprint density at radius 2 is 2.00 bits per heavy atom. The van der Waals surface area contributed by atoms with E-state index in [0.717, 1.165) is 43.5 Å². The standard InChI is InChI=1S/C25H30N4O2S/c1-18-7-8-20-19(16-18)24(2,3)25(27-22(30)9-11-29(20)25)10-5-4-6-21-23(26-17-32-21)28-12-14-31-15-13-28/h4-8,10,16-17H,9,11-15H2,1-3H3,(H,27,30)/b6-4+,10-5+. The van der Waals surface area contributed by atoms with Crippen LogP contribution in [-0.2, 0) is 14.9 Å². The second kappa shape index (κ2) is 8.05. The van der Waals surface area contributed by atoms with Crippen LogP contribution >= 0.6 is 11.3 Å². The molecule has 0 spiro atoms. The number of carbonyl (C=O) groups excluding carboxylic acids is 1. The molecule has 2 aromatic rings. The van der Waals surface area contributed by atoms with Crippen molar-refractivity contribution in [1.29, 1.82) is 0 Å². The van der Waals surface area contributed by atoms with Crippen molar-refractivity contribution in [2.45, 2.75) is 38.3 Å². The van der Waals surface area contributed by atoms with E-state index in [4.69, 9.17) is 4.74 Å². The van der Waals surface area contributed by atoms with E-state index in [-0.39, 0.29) is 11.3 Å². The maximum absolute atomic E-state index is 12.5. The largest absolute Gasteiger partial charge is 0.378 e. The first kappa shape index (κ1) is 21.2. The van der Waals surface area contributed by atoms with Crippen LogP contribution in [0, 0.1) is 6.92 Å². The van der Waals surface area contributed by atoms with Crippen molar-refractivity contribution >= 4 is 34.8 Å². The van der Waals surface area contributed by atoms with E-state index in [1.165, 1.54) is 16.8 Å². The molecule has 0 bridgehead atoms. The van der Waals surface area contributed by atoms with Gasteiger partial charge in [-0.05, 0) is 30.7 Å². The monoisotopic (exact) mass is 450 g/mol. The zero-order chi connectivity index (χ0) is 22.3. The average molecular weight is 451 g/mol. The van der Waals surface area contributed by atoms with Gasteiger partial charge in [0, 0.05) is 37.2 Å². The number of anilines is 2. The number of hydrogen-bond acceptors (Lipinski definition) is 6. The Kier molecular flexibility index (Phi) is 5.34. The van der Waals surface area contributed by atoms with Gasteiger partial charge in [-0.2, -0.15) is 0 Å². The van der Waals surface area contributed by atoms with Gasteiger partial charge in [-0.1, -0.05) is 43.7 Å². The molecule has 1 aromatic carbocycles. The fourth-order valence-corrected chi connectivity index (χ4v) is 5.89. The molecule has 32 heavy (non-hydrogen) atoms. The van der Waals surface area contributed by atoms with E-state index in [1.807, 2.05) is 5.51 Å². The molecule has 1 unspecified atom stereocenters. The SMILES string of the molecule is Cc1ccc2c(c1)C(C)(C)C1(/C=C/C=C/c3scnc3N3CCOCC3)NC(=O)CCN21. The van der Waals surface area contributed by atoms with Crippen LogP contribution in [-0.4, -0.2) is 49.4 Å². The van der Waals surface area contributed by atoms with Gasteiger partial charge in [0.1, 0.15) is 11.5 Å². The van der Waals surface area contributed by atoms with Crippen molar-refractivity contribution in [3.05, 3.63) is 57.9 Å². The zero-order valence-electron chi connectivity index (χ0n) is 18.9. The summed E-state index contributed by atoms with van der Waals surface area (Å²) in [5.41, 5.74) is 4.79. The number of fused-ring (bicyclic) bond motifs is 3. The van der Waals surface area contributed by atoms with E-state index in [2.05, 4.69) is 83.4 Å². The molecule has 1 aromatic heterocycles. The first-order valence-electron chi connectivity index (χ1n) is 11.2. The Bertz CT molecular complexity index is 1080. The molecule has 0 saturated carbocycles. The number of amides is 1. The summed E-state index contributed by atoms with van der Waals surface area (Å²) in [7, 11) is 0. The van der Waals surface area contributed by atoms with Gasteiger partial charge in [0.15, 0.2) is 0 Å². The van der Waals surface area contributed by atoms with Crippen molar-refractivity contribution in [3.63, 3.8) is 0 Å². The molecule has 0 radical (unpaired) electrons. The number of thiazole rings is 1. The highest BCUT2D eigenvalue weighted by Crippen LogP contribution is 2.52. The molecule has 3 aliphatic heterocycles. The van der Waals surface area contributed by atoms with Gasteiger partial charge in [-0.25, -0.2) is 4.98 Å². The van der Waals surface area contributed by atoms with E-state index in [1.54, 1.807) is 11.3 Å². The third-order valence-electron chi connectivity index (χ3n) is 6.97. The van der Waals surface area contributed by atoms with Crippen molar-refractivity contribution in [2.75, 3.05) is 42.6 Å². The quantitative estimate of drug-likeness (QED) is 0.717. The molecule has 2 fully saturated rings. The van der Waals surface area contributed by atoms with Crippen molar-refractivity contribution in [2.24, 2.45) is 0 Å². The Labute approximate surface area is 193 Å². The predicted octanol–water partition coefficient (Wildman–Crippen LogP) is 3.87. The molecular weight excluding hydrogens is 420 g/mol. The molecule has 7 heteroatoms. The Morgan fingerprint density at radius 1 is 1.19 bits per heavy atom. The third-order valence-corrected chi connectivity index (χ3v) is 7.75. The Morgan fingerprint density at radius 3 is 2.81 bits per heavy atom. The van der Waals surface area contributed by atoms with E-state index in [9.17, 15) is 4.79 Å². The first-order valence-corrected chi connectivity index (χ1v) is 12.1. The second-order valence-corrected chi connectivity index (χ2v) is 10.1. The summed E-state index contributed by atoms with van der Waals surface area (Å²) in [6.45, 7) is 10.5. The van der Waals surface area contributed by atoms with Crippen molar-refractivity contribution in [1.82, 2.24) is 10.3 Å². The Hall–Kier alpha value is -2.64. The van der Waals surface area contributed by atoms with Gasteiger partial charge in [-0.15, -0.1) is 11.3 Å². The summed E-state index contributed by atoms with van der Waals surface area (Å²) in [6, 6.07) is 6.61. The number of benzene rings is 1. The number of aromatic nitrogens is 1. The molecule has 2 saturated heterocycles. The lowest BCUT2D eigenvalue weighted by Gasteiger charge is -2.49. The minimum absolute atomic E-state index is 0.101. The number of carbonyl (C=O) groups is 1. The second-order valence-electron chi connectivity index (χ2n) is 9.22. The molecule has 3 aliphatic rings. The highest BCUT2D eigenvalue weighted by atomic mass is 32.1. The fourth-order valence-electron chi connectivity index (χ4n) is 5.18. The van der Waals surface area contributed by atoms with Crippen LogP contribution < -0.4 is 15.1 Å². The van der Waals surface area contributed by atoms with E-state index in [0.29, 0.717) is 6.42 Å². The topological polar surface area (TPSA) is 57.7 Å². The van der Waals surface area contributed by atoms with E-state index < -0.39 is 5.66 Å². The summed E-state index contributed by atoms with van der Waals surface area (Å²) in [4.78, 5) is 22.9. The van der Waals surface area contributed by atoms with Gasteiger partial charge in [0.05, 0.1) is 23.6 Å². The summed E-state index contributed by atoms with van der Waals surface area (Å²) in [5, 5.41) is 3.34. The van der Waals surface area contributed by atoms with Crippen molar-refractivity contribution in [3.8, 4) is 0 Å². The van der Waals surface area contributed by atoms with Crippen LogP contribution in [0.5, 0.6) is 0 Å². The molecule has 5 rings (SSSR count). The highest BCUT2D eigenvalue weighted by molar-refractivity contribution is 7.11. The fraction of sp³-hybridized carbons (Fsp3) is 0.440. The lowest BCUT2D eigenvalue weighted by molar-refractivity contribution is -0.124. The molecule has 4 heterocycles. The van der Waals surface area contributed by atoms with Crippen molar-refractivity contribution < 1.29 is 9.53 Å². The lowest BCUT2D eigenvalue weighted by Crippen LogP contribution is -2.68. The van der Waals surface area contributed by atoms with Crippen LogP contribution in [0.25, 0.3) is 6.08 Å². The van der Waals surface area contributed by atoms with Crippen LogP contribution in [0.1, 0.15) is 36.3 Å². The van der Waals surface area contributed by atoms with Gasteiger partial charge in [0.25, 0.3) is 0 Å². The maximum Gasteiger partial charge on any atom is 0.223 e. The summed E-state index contributed by atoms with van der Waals surface area (Å²) < 4.78 is 5.47. The summed E-state index contributed by atoms with van der Waals surface area (Å²) in [5.74, 6) is 1.13. The smallest absolute Gasteiger partial charge is 0.223 e. The summed E-state index contributed by atoms with van der Waals surface area (Å²) >= 11 is 1.64. The molecule has 6 nitrogen and oxygen atoms in total. The molecular formula is C25H30N4O2S. The average Bonchev–Trinajstić information content (AvgIpc) is 3.32. The highest BCUT2D eigenvalue weighted by Gasteiger charge is 2.57. The van der Waals surface area contributed by atoms with Gasteiger partial charge in [0.2, 0.25) is 5.91 Å². The van der Waals surface area contributed by atoms with E-state index >= 15 is 0 Å². The number of hydrogen-bond donors (Lipinski definition) is 1. The lowest BCUT2D eigenvalue weighted by atomic mass is 9.74. The number of ether oxygens (including phenoxy) is 1. The Balaban J connectivity index is 1.45. The molecule has 0 aliphatic carbocycles. The first-order chi connectivity index (χ1) is 15.4. The number of nitrogens with zero attached hydrogens (tertiary/aromatic N) is 3. The number of aryl methyl sites for hydroxylation is 1. The zero-order valence-corrected chi connectivity index (χ0v) is 19.7. The van der Waals surface area contributed by atoms with Crippen LogP contribution in [0.2, 0.25) is 0 Å². The van der Waals surface area contributed by atoms with Gasteiger partial charge in [-0.3, -0.25) is 4.79 Å². The van der Waals surface area contributed by atoms with Crippen LogP contribution in [0.15, 0.2) is 41.9 Å². The predicted molar refractivity (Wildman–Crippen MR) is 130 cm³/mol. The minimum Gasteiger partial charge on any atom is -0.378 e. The number of rotatable bonds is 4. The molecule has 1 amide bonds. The number of allylic oxidation sites excluding steroid dienone is 2.